The molecular weight excluding hydrogens is 460 g/mol. The zero-order valence-corrected chi connectivity index (χ0v) is 24.4. The molecule has 1 unspecified atom stereocenters. The normalized spacial score (nSPS) is 11.9. The third-order valence-corrected chi connectivity index (χ3v) is 7.12. The van der Waals surface area contributed by atoms with Crippen LogP contribution in [0.5, 0.6) is 0 Å². The van der Waals surface area contributed by atoms with Crippen molar-refractivity contribution in [3.05, 3.63) is 35.4 Å². The molecular formula is C33H56O4. The molecule has 0 fully saturated rings. The lowest BCUT2D eigenvalue weighted by molar-refractivity contribution is 0.0307. The van der Waals surface area contributed by atoms with E-state index in [1.807, 2.05) is 6.92 Å². The van der Waals surface area contributed by atoms with E-state index in [4.69, 9.17) is 9.47 Å². The predicted molar refractivity (Wildman–Crippen MR) is 155 cm³/mol. The Morgan fingerprint density at radius 1 is 0.595 bits per heavy atom. The number of ether oxygens (including phenoxy) is 2. The summed E-state index contributed by atoms with van der Waals surface area (Å²) in [6.07, 6.45) is 24.6. The van der Waals surface area contributed by atoms with Crippen LogP contribution in [0.4, 0.5) is 0 Å². The Morgan fingerprint density at radius 2 is 1.00 bits per heavy atom. The molecule has 0 aromatic heterocycles. The van der Waals surface area contributed by atoms with Crippen LogP contribution in [0.25, 0.3) is 0 Å². The van der Waals surface area contributed by atoms with Gasteiger partial charge in [0.15, 0.2) is 0 Å². The van der Waals surface area contributed by atoms with Gasteiger partial charge in [-0.05, 0) is 38.3 Å². The molecule has 4 nitrogen and oxygen atoms in total. The van der Waals surface area contributed by atoms with Crippen molar-refractivity contribution in [3.8, 4) is 0 Å². The quantitative estimate of drug-likeness (QED) is 0.101. The van der Waals surface area contributed by atoms with E-state index in [2.05, 4.69) is 13.8 Å². The second kappa shape index (κ2) is 23.3. The third kappa shape index (κ3) is 17.3. The van der Waals surface area contributed by atoms with Crippen LogP contribution in [0, 0.1) is 0 Å². The minimum absolute atomic E-state index is 0.159. The van der Waals surface area contributed by atoms with Gasteiger partial charge in [0.1, 0.15) is 0 Å². The lowest BCUT2D eigenvalue weighted by Crippen LogP contribution is -2.19. The van der Waals surface area contributed by atoms with Crippen LogP contribution in [0.3, 0.4) is 0 Å². The number of hydrogen-bond donors (Lipinski definition) is 0. The van der Waals surface area contributed by atoms with Gasteiger partial charge in [0.05, 0.1) is 23.8 Å². The summed E-state index contributed by atoms with van der Waals surface area (Å²) in [6.45, 7) is 6.81. The van der Waals surface area contributed by atoms with Crippen molar-refractivity contribution in [3.63, 3.8) is 0 Å². The number of unbranched alkanes of at least 4 members (excludes halogenated alkanes) is 17. The molecule has 1 aromatic carbocycles. The SMILES string of the molecule is CCCCCCCCCCCCCCCOC(=O)c1ccccc1C(=O)OC(C)CCCCCCCC. The molecule has 0 saturated heterocycles. The summed E-state index contributed by atoms with van der Waals surface area (Å²) >= 11 is 0. The first-order chi connectivity index (χ1) is 18.1. The molecule has 0 aliphatic rings. The first kappa shape index (κ1) is 33.2. The second-order valence-corrected chi connectivity index (χ2v) is 10.7. The van der Waals surface area contributed by atoms with Crippen LogP contribution < -0.4 is 0 Å². The van der Waals surface area contributed by atoms with E-state index in [1.165, 1.54) is 103 Å². The van der Waals surface area contributed by atoms with Gasteiger partial charge >= 0.3 is 11.9 Å². The molecule has 0 spiro atoms. The zero-order valence-electron chi connectivity index (χ0n) is 24.4. The van der Waals surface area contributed by atoms with Gasteiger partial charge in [-0.15, -0.1) is 0 Å². The van der Waals surface area contributed by atoms with Crippen LogP contribution in [0.15, 0.2) is 24.3 Å². The minimum Gasteiger partial charge on any atom is -0.462 e. The maximum atomic E-state index is 12.7. The maximum Gasteiger partial charge on any atom is 0.339 e. The topological polar surface area (TPSA) is 52.6 Å². The molecule has 0 bridgehead atoms. The minimum atomic E-state index is -0.438. The van der Waals surface area contributed by atoms with Gasteiger partial charge in [-0.25, -0.2) is 9.59 Å². The van der Waals surface area contributed by atoms with Crippen LogP contribution in [0.1, 0.15) is 170 Å². The van der Waals surface area contributed by atoms with Gasteiger partial charge in [0.2, 0.25) is 0 Å². The Labute approximate surface area is 228 Å². The molecule has 0 saturated carbocycles. The standard InChI is InChI=1S/C33H56O4/c1-4-6-8-10-12-13-14-15-16-17-18-20-24-28-36-32(34)30-26-22-23-27-31(30)33(35)37-29(3)25-21-19-11-9-7-5-2/h22-23,26-27,29H,4-21,24-25,28H2,1-3H3. The average Bonchev–Trinajstić information content (AvgIpc) is 2.90. The molecule has 4 heteroatoms. The maximum absolute atomic E-state index is 12.7. The molecule has 1 aromatic rings. The van der Waals surface area contributed by atoms with Gasteiger partial charge in [-0.1, -0.05) is 135 Å². The first-order valence-corrected chi connectivity index (χ1v) is 15.6. The third-order valence-electron chi connectivity index (χ3n) is 7.12. The van der Waals surface area contributed by atoms with Crippen molar-refractivity contribution in [2.24, 2.45) is 0 Å². The molecule has 0 radical (unpaired) electrons. The molecule has 0 amide bonds. The monoisotopic (exact) mass is 516 g/mol. The van der Waals surface area contributed by atoms with Crippen molar-refractivity contribution in [2.45, 2.75) is 155 Å². The lowest BCUT2D eigenvalue weighted by atomic mass is 10.0. The molecule has 1 rings (SSSR count). The Hall–Kier alpha value is -1.84. The second-order valence-electron chi connectivity index (χ2n) is 10.7. The van der Waals surface area contributed by atoms with Gasteiger partial charge in [0.25, 0.3) is 0 Å². The first-order valence-electron chi connectivity index (χ1n) is 15.6. The fraction of sp³-hybridized carbons (Fsp3) is 0.758. The van der Waals surface area contributed by atoms with E-state index < -0.39 is 11.9 Å². The summed E-state index contributed by atoms with van der Waals surface area (Å²) in [5.74, 6) is -0.873. The molecule has 37 heavy (non-hydrogen) atoms. The van der Waals surface area contributed by atoms with Crippen molar-refractivity contribution < 1.29 is 19.1 Å². The highest BCUT2D eigenvalue weighted by atomic mass is 16.5. The van der Waals surface area contributed by atoms with Gasteiger partial charge in [0, 0.05) is 0 Å². The van der Waals surface area contributed by atoms with Crippen LogP contribution in [0.2, 0.25) is 0 Å². The van der Waals surface area contributed by atoms with E-state index in [-0.39, 0.29) is 6.10 Å². The smallest absolute Gasteiger partial charge is 0.339 e. The number of benzene rings is 1. The van der Waals surface area contributed by atoms with Gasteiger partial charge < -0.3 is 9.47 Å². The largest absolute Gasteiger partial charge is 0.462 e. The average molecular weight is 517 g/mol. The summed E-state index contributed by atoms with van der Waals surface area (Å²) in [7, 11) is 0. The predicted octanol–water partition coefficient (Wildman–Crippen LogP) is 10.2. The van der Waals surface area contributed by atoms with E-state index in [1.54, 1.807) is 24.3 Å². The van der Waals surface area contributed by atoms with E-state index in [0.717, 1.165) is 25.7 Å². The lowest BCUT2D eigenvalue weighted by Gasteiger charge is -2.15. The van der Waals surface area contributed by atoms with E-state index in [0.29, 0.717) is 17.7 Å². The molecule has 0 aliphatic heterocycles. The Morgan fingerprint density at radius 3 is 1.49 bits per heavy atom. The fourth-order valence-corrected chi connectivity index (χ4v) is 4.72. The Kier molecular flexibility index (Phi) is 20.9. The number of rotatable bonds is 24. The summed E-state index contributed by atoms with van der Waals surface area (Å²) in [5.41, 5.74) is 0.599. The summed E-state index contributed by atoms with van der Waals surface area (Å²) in [6, 6.07) is 6.83. The van der Waals surface area contributed by atoms with Gasteiger partial charge in [-0.2, -0.15) is 0 Å². The van der Waals surface area contributed by atoms with Crippen LogP contribution >= 0.6 is 0 Å². The van der Waals surface area contributed by atoms with E-state index >= 15 is 0 Å². The highest BCUT2D eigenvalue weighted by Crippen LogP contribution is 2.17. The number of hydrogen-bond acceptors (Lipinski definition) is 4. The molecule has 212 valence electrons. The van der Waals surface area contributed by atoms with Crippen LogP contribution in [-0.4, -0.2) is 24.6 Å². The number of carbonyl (C=O) groups excluding carboxylic acids is 2. The molecule has 1 atom stereocenters. The van der Waals surface area contributed by atoms with Crippen molar-refractivity contribution in [2.75, 3.05) is 6.61 Å². The highest BCUT2D eigenvalue weighted by molar-refractivity contribution is 6.03. The molecule has 0 heterocycles. The molecule has 0 aliphatic carbocycles. The Bertz CT molecular complexity index is 699. The fourth-order valence-electron chi connectivity index (χ4n) is 4.72. The van der Waals surface area contributed by atoms with E-state index in [9.17, 15) is 9.59 Å². The summed E-state index contributed by atoms with van der Waals surface area (Å²) < 4.78 is 11.1. The van der Waals surface area contributed by atoms with Crippen molar-refractivity contribution in [1.82, 2.24) is 0 Å². The Balaban J connectivity index is 2.19. The zero-order chi connectivity index (χ0) is 27.0. The molecule has 0 N–H and O–H groups in total. The van der Waals surface area contributed by atoms with Gasteiger partial charge in [-0.3, -0.25) is 0 Å². The summed E-state index contributed by atoms with van der Waals surface area (Å²) in [4.78, 5) is 25.4. The van der Waals surface area contributed by atoms with Crippen molar-refractivity contribution >= 4 is 11.9 Å². The highest BCUT2D eigenvalue weighted by Gasteiger charge is 2.20. The number of carbonyl (C=O) groups is 2. The van der Waals surface area contributed by atoms with Crippen molar-refractivity contribution in [1.29, 1.82) is 0 Å². The van der Waals surface area contributed by atoms with Crippen LogP contribution in [-0.2, 0) is 9.47 Å². The number of esters is 2. The summed E-state index contributed by atoms with van der Waals surface area (Å²) in [5, 5.41) is 0.